The Hall–Kier alpha value is -3.05. The summed E-state index contributed by atoms with van der Waals surface area (Å²) in [5.41, 5.74) is 7.31. The molecule has 0 aliphatic rings. The van der Waals surface area contributed by atoms with Gasteiger partial charge >= 0.3 is 0 Å². The van der Waals surface area contributed by atoms with Crippen molar-refractivity contribution >= 4 is 29.4 Å². The highest BCUT2D eigenvalue weighted by atomic mass is 35.5. The fourth-order valence-corrected chi connectivity index (χ4v) is 2.95. The van der Waals surface area contributed by atoms with Crippen molar-refractivity contribution in [1.82, 2.24) is 15.0 Å². The second-order valence-corrected chi connectivity index (χ2v) is 7.64. The minimum atomic E-state index is -0.280. The van der Waals surface area contributed by atoms with Crippen LogP contribution in [0, 0.1) is 5.82 Å². The summed E-state index contributed by atoms with van der Waals surface area (Å²) in [6.07, 6.45) is 0. The van der Waals surface area contributed by atoms with Crippen molar-refractivity contribution in [3.63, 3.8) is 0 Å². The molecule has 0 aliphatic carbocycles. The zero-order chi connectivity index (χ0) is 24.0. The standard InChI is InChI=1S/C23H29ClFN7O2/c24-19-5-1-17(2-6-19)15-28-22-30-21(27-10-12-34-14-13-33-11-9-26)31-23(32-22)29-16-18-3-7-20(25)8-4-18/h1-8H,9-16,26H2,(H3,27,28,29,30,31,32). The van der Waals surface area contributed by atoms with Gasteiger partial charge in [0.05, 0.1) is 26.4 Å². The highest BCUT2D eigenvalue weighted by Gasteiger charge is 2.07. The van der Waals surface area contributed by atoms with Gasteiger partial charge in [0.1, 0.15) is 5.82 Å². The van der Waals surface area contributed by atoms with Crippen molar-refractivity contribution in [1.29, 1.82) is 0 Å². The van der Waals surface area contributed by atoms with Crippen molar-refractivity contribution in [3.8, 4) is 0 Å². The number of nitrogens with one attached hydrogen (secondary N) is 3. The van der Waals surface area contributed by atoms with Gasteiger partial charge in [-0.2, -0.15) is 15.0 Å². The van der Waals surface area contributed by atoms with E-state index in [1.54, 1.807) is 12.1 Å². The average molecular weight is 490 g/mol. The number of anilines is 3. The number of benzene rings is 2. The van der Waals surface area contributed by atoms with Gasteiger partial charge in [-0.1, -0.05) is 35.9 Å². The summed E-state index contributed by atoms with van der Waals surface area (Å²) in [4.78, 5) is 13.3. The monoisotopic (exact) mass is 489 g/mol. The predicted octanol–water partition coefficient (Wildman–Crippen LogP) is 3.29. The van der Waals surface area contributed by atoms with Crippen molar-refractivity contribution in [3.05, 3.63) is 70.5 Å². The third-order valence-corrected chi connectivity index (χ3v) is 4.78. The van der Waals surface area contributed by atoms with Crippen LogP contribution in [0.3, 0.4) is 0 Å². The highest BCUT2D eigenvalue weighted by Crippen LogP contribution is 2.14. The molecule has 0 saturated heterocycles. The Morgan fingerprint density at radius 1 is 0.706 bits per heavy atom. The lowest BCUT2D eigenvalue weighted by Gasteiger charge is -2.12. The third-order valence-electron chi connectivity index (χ3n) is 4.53. The molecule has 0 spiro atoms. The zero-order valence-corrected chi connectivity index (χ0v) is 19.5. The topological polar surface area (TPSA) is 119 Å². The summed E-state index contributed by atoms with van der Waals surface area (Å²) in [6.45, 7) is 3.92. The van der Waals surface area contributed by atoms with Crippen LogP contribution in [0.15, 0.2) is 48.5 Å². The van der Waals surface area contributed by atoms with E-state index in [0.717, 1.165) is 11.1 Å². The molecule has 0 unspecified atom stereocenters. The Bertz CT molecular complexity index is 926. The third kappa shape index (κ3) is 9.44. The van der Waals surface area contributed by atoms with Gasteiger partial charge in [-0.3, -0.25) is 0 Å². The number of hydrogen-bond acceptors (Lipinski definition) is 9. The average Bonchev–Trinajstić information content (AvgIpc) is 2.85. The van der Waals surface area contributed by atoms with Gasteiger partial charge in [0.25, 0.3) is 0 Å². The Morgan fingerprint density at radius 2 is 1.21 bits per heavy atom. The van der Waals surface area contributed by atoms with E-state index in [9.17, 15) is 4.39 Å². The van der Waals surface area contributed by atoms with Gasteiger partial charge in [0.2, 0.25) is 17.8 Å². The van der Waals surface area contributed by atoms with Crippen molar-refractivity contribution in [2.75, 3.05) is 55.5 Å². The largest absolute Gasteiger partial charge is 0.378 e. The first-order valence-electron chi connectivity index (χ1n) is 10.9. The van der Waals surface area contributed by atoms with Gasteiger partial charge in [-0.15, -0.1) is 0 Å². The van der Waals surface area contributed by atoms with E-state index >= 15 is 0 Å². The summed E-state index contributed by atoms with van der Waals surface area (Å²) in [5.74, 6) is 0.914. The van der Waals surface area contributed by atoms with Crippen LogP contribution in [0.25, 0.3) is 0 Å². The SMILES string of the molecule is NCCOCCOCCNc1nc(NCc2ccc(F)cc2)nc(NCc2ccc(Cl)cc2)n1. The maximum atomic E-state index is 13.2. The molecule has 182 valence electrons. The number of nitrogens with zero attached hydrogens (tertiary/aromatic N) is 3. The van der Waals surface area contributed by atoms with Crippen LogP contribution in [0.5, 0.6) is 0 Å². The molecule has 2 aromatic carbocycles. The van der Waals surface area contributed by atoms with E-state index in [4.69, 9.17) is 26.8 Å². The highest BCUT2D eigenvalue weighted by molar-refractivity contribution is 6.30. The van der Waals surface area contributed by atoms with E-state index in [1.807, 2.05) is 24.3 Å². The second-order valence-electron chi connectivity index (χ2n) is 7.21. The first kappa shape index (κ1) is 25.6. The number of rotatable bonds is 15. The fourth-order valence-electron chi connectivity index (χ4n) is 2.82. The Kier molecular flexibility index (Phi) is 10.7. The molecular formula is C23H29ClFN7O2. The van der Waals surface area contributed by atoms with Crippen molar-refractivity contribution < 1.29 is 13.9 Å². The van der Waals surface area contributed by atoms with Gasteiger partial charge in [-0.25, -0.2) is 4.39 Å². The quantitative estimate of drug-likeness (QED) is 0.238. The minimum Gasteiger partial charge on any atom is -0.378 e. The molecule has 5 N–H and O–H groups in total. The van der Waals surface area contributed by atoms with Crippen LogP contribution in [-0.2, 0) is 22.6 Å². The van der Waals surface area contributed by atoms with Crippen LogP contribution in [-0.4, -0.2) is 54.5 Å². The van der Waals surface area contributed by atoms with E-state index in [1.165, 1.54) is 12.1 Å². The normalized spacial score (nSPS) is 10.8. The molecule has 3 aromatic rings. The van der Waals surface area contributed by atoms with E-state index in [0.29, 0.717) is 75.5 Å². The Morgan fingerprint density at radius 3 is 1.76 bits per heavy atom. The molecule has 9 nitrogen and oxygen atoms in total. The lowest BCUT2D eigenvalue weighted by molar-refractivity contribution is 0.0547. The summed E-state index contributed by atoms with van der Waals surface area (Å²) < 4.78 is 23.9. The lowest BCUT2D eigenvalue weighted by Crippen LogP contribution is -2.17. The maximum Gasteiger partial charge on any atom is 0.229 e. The van der Waals surface area contributed by atoms with Crippen LogP contribution >= 0.6 is 11.6 Å². The number of hydrogen-bond donors (Lipinski definition) is 4. The van der Waals surface area contributed by atoms with Gasteiger partial charge in [-0.05, 0) is 35.4 Å². The van der Waals surface area contributed by atoms with Crippen molar-refractivity contribution in [2.24, 2.45) is 5.73 Å². The zero-order valence-electron chi connectivity index (χ0n) is 18.8. The molecule has 34 heavy (non-hydrogen) atoms. The molecule has 0 aliphatic heterocycles. The summed E-state index contributed by atoms with van der Waals surface area (Å²) in [5, 5.41) is 10.2. The first-order chi connectivity index (χ1) is 16.6. The molecule has 11 heteroatoms. The molecule has 0 radical (unpaired) electrons. The molecule has 3 rings (SSSR count). The van der Waals surface area contributed by atoms with Gasteiger partial charge < -0.3 is 31.2 Å². The molecular weight excluding hydrogens is 461 g/mol. The predicted molar refractivity (Wildman–Crippen MR) is 132 cm³/mol. The smallest absolute Gasteiger partial charge is 0.229 e. The Balaban J connectivity index is 1.57. The van der Waals surface area contributed by atoms with Crippen LogP contribution in [0.4, 0.5) is 22.2 Å². The molecule has 0 fully saturated rings. The van der Waals surface area contributed by atoms with Crippen molar-refractivity contribution in [2.45, 2.75) is 13.1 Å². The number of halogens is 2. The number of aromatic nitrogens is 3. The van der Waals surface area contributed by atoms with Gasteiger partial charge in [0, 0.05) is 31.2 Å². The second kappa shape index (κ2) is 14.3. The van der Waals surface area contributed by atoms with Gasteiger partial charge in [0.15, 0.2) is 0 Å². The summed E-state index contributed by atoms with van der Waals surface area (Å²) in [6, 6.07) is 13.8. The van der Waals surface area contributed by atoms with E-state index in [2.05, 4.69) is 30.9 Å². The molecule has 0 amide bonds. The number of ether oxygens (including phenoxy) is 2. The van der Waals surface area contributed by atoms with Crippen LogP contribution in [0.1, 0.15) is 11.1 Å². The fraction of sp³-hybridized carbons (Fsp3) is 0.348. The van der Waals surface area contributed by atoms with Crippen LogP contribution in [0.2, 0.25) is 5.02 Å². The summed E-state index contributed by atoms with van der Waals surface area (Å²) in [7, 11) is 0. The first-order valence-corrected chi connectivity index (χ1v) is 11.3. The van der Waals surface area contributed by atoms with E-state index < -0.39 is 0 Å². The molecule has 1 aromatic heterocycles. The van der Waals surface area contributed by atoms with E-state index in [-0.39, 0.29) is 5.82 Å². The minimum absolute atomic E-state index is 0.280. The molecule has 1 heterocycles. The maximum absolute atomic E-state index is 13.2. The Labute approximate surface area is 203 Å². The molecule has 0 bridgehead atoms. The van der Waals surface area contributed by atoms with Crippen LogP contribution < -0.4 is 21.7 Å². The lowest BCUT2D eigenvalue weighted by atomic mass is 10.2. The summed E-state index contributed by atoms with van der Waals surface area (Å²) >= 11 is 5.95. The molecule has 0 atom stereocenters. The number of nitrogens with two attached hydrogens (primary N) is 1. The molecule has 0 saturated carbocycles.